The van der Waals surface area contributed by atoms with Gasteiger partial charge in [0.2, 0.25) is 5.91 Å². The van der Waals surface area contributed by atoms with Gasteiger partial charge in [0.05, 0.1) is 11.6 Å². The molecule has 1 aliphatic carbocycles. The number of rotatable bonds is 5. The standard InChI is InChI=1S/C13H26N2O2/c1-9-4-5-11(8-10(9)2)17-7-6-13(3,15)12(14)16/h9-11H,4-8,15H2,1-3H3,(H2,14,16). The summed E-state index contributed by atoms with van der Waals surface area (Å²) in [6, 6.07) is 0. The molecule has 4 atom stereocenters. The second kappa shape index (κ2) is 5.83. The van der Waals surface area contributed by atoms with Crippen molar-refractivity contribution in [2.75, 3.05) is 6.61 Å². The van der Waals surface area contributed by atoms with E-state index in [1.54, 1.807) is 6.92 Å². The summed E-state index contributed by atoms with van der Waals surface area (Å²) in [5, 5.41) is 0. The average Bonchev–Trinajstić information content (AvgIpc) is 2.23. The summed E-state index contributed by atoms with van der Waals surface area (Å²) in [4.78, 5) is 11.0. The quantitative estimate of drug-likeness (QED) is 0.765. The molecule has 100 valence electrons. The zero-order chi connectivity index (χ0) is 13.1. The van der Waals surface area contributed by atoms with Crippen LogP contribution in [0.15, 0.2) is 0 Å². The lowest BCUT2D eigenvalue weighted by Crippen LogP contribution is -2.50. The molecule has 0 aromatic carbocycles. The smallest absolute Gasteiger partial charge is 0.237 e. The zero-order valence-corrected chi connectivity index (χ0v) is 11.2. The molecule has 0 heterocycles. The van der Waals surface area contributed by atoms with Crippen LogP contribution in [0, 0.1) is 11.8 Å². The van der Waals surface area contributed by atoms with E-state index < -0.39 is 11.4 Å². The molecule has 0 saturated heterocycles. The molecule has 0 aliphatic heterocycles. The van der Waals surface area contributed by atoms with Crippen LogP contribution in [0.4, 0.5) is 0 Å². The molecule has 1 rings (SSSR count). The molecule has 0 radical (unpaired) electrons. The highest BCUT2D eigenvalue weighted by Gasteiger charge is 2.28. The first kappa shape index (κ1) is 14.5. The van der Waals surface area contributed by atoms with Gasteiger partial charge in [-0.15, -0.1) is 0 Å². The van der Waals surface area contributed by atoms with Crippen molar-refractivity contribution in [2.24, 2.45) is 23.3 Å². The highest BCUT2D eigenvalue weighted by Crippen LogP contribution is 2.31. The molecule has 1 saturated carbocycles. The topological polar surface area (TPSA) is 78.3 Å². The van der Waals surface area contributed by atoms with Crippen molar-refractivity contribution in [1.82, 2.24) is 0 Å². The van der Waals surface area contributed by atoms with Crippen LogP contribution in [-0.4, -0.2) is 24.2 Å². The number of carbonyl (C=O) groups excluding carboxylic acids is 1. The van der Waals surface area contributed by atoms with E-state index >= 15 is 0 Å². The van der Waals surface area contributed by atoms with Crippen molar-refractivity contribution < 1.29 is 9.53 Å². The van der Waals surface area contributed by atoms with Crippen molar-refractivity contribution in [2.45, 2.75) is 58.1 Å². The fourth-order valence-corrected chi connectivity index (χ4v) is 2.21. The highest BCUT2D eigenvalue weighted by atomic mass is 16.5. The van der Waals surface area contributed by atoms with E-state index in [2.05, 4.69) is 13.8 Å². The molecule has 4 heteroatoms. The Morgan fingerprint density at radius 1 is 1.35 bits per heavy atom. The van der Waals surface area contributed by atoms with E-state index in [0.29, 0.717) is 25.0 Å². The third-order valence-corrected chi connectivity index (χ3v) is 4.09. The molecule has 4 nitrogen and oxygen atoms in total. The predicted octanol–water partition coefficient (Wildman–Crippen LogP) is 1.42. The average molecular weight is 242 g/mol. The van der Waals surface area contributed by atoms with Gasteiger partial charge in [-0.25, -0.2) is 0 Å². The monoisotopic (exact) mass is 242 g/mol. The van der Waals surface area contributed by atoms with E-state index in [4.69, 9.17) is 16.2 Å². The van der Waals surface area contributed by atoms with E-state index in [1.807, 2.05) is 0 Å². The Hall–Kier alpha value is -0.610. The Labute approximate surface area is 104 Å². The SMILES string of the molecule is CC1CCC(OCCC(C)(N)C(N)=O)CC1C. The van der Waals surface area contributed by atoms with Gasteiger partial charge in [-0.3, -0.25) is 4.79 Å². The molecular weight excluding hydrogens is 216 g/mol. The lowest BCUT2D eigenvalue weighted by molar-refractivity contribution is -0.123. The molecule has 1 amide bonds. The highest BCUT2D eigenvalue weighted by molar-refractivity contribution is 5.83. The Balaban J connectivity index is 2.26. The van der Waals surface area contributed by atoms with Crippen molar-refractivity contribution in [3.05, 3.63) is 0 Å². The van der Waals surface area contributed by atoms with Crippen molar-refractivity contribution >= 4 is 5.91 Å². The number of primary amides is 1. The number of hydrogen-bond donors (Lipinski definition) is 2. The largest absolute Gasteiger partial charge is 0.378 e. The van der Waals surface area contributed by atoms with Crippen LogP contribution in [0.3, 0.4) is 0 Å². The van der Waals surface area contributed by atoms with Crippen LogP contribution in [-0.2, 0) is 9.53 Å². The summed E-state index contributed by atoms with van der Waals surface area (Å²) < 4.78 is 5.80. The van der Waals surface area contributed by atoms with Crippen LogP contribution in [0.25, 0.3) is 0 Å². The van der Waals surface area contributed by atoms with Crippen LogP contribution >= 0.6 is 0 Å². The summed E-state index contributed by atoms with van der Waals surface area (Å²) in [5.41, 5.74) is 10.0. The van der Waals surface area contributed by atoms with E-state index in [0.717, 1.165) is 18.8 Å². The number of amides is 1. The third kappa shape index (κ3) is 4.28. The van der Waals surface area contributed by atoms with Gasteiger partial charge in [-0.2, -0.15) is 0 Å². The lowest BCUT2D eigenvalue weighted by atomic mass is 9.80. The fraction of sp³-hybridized carbons (Fsp3) is 0.923. The van der Waals surface area contributed by atoms with Crippen LogP contribution in [0.5, 0.6) is 0 Å². The number of hydrogen-bond acceptors (Lipinski definition) is 3. The number of ether oxygens (including phenoxy) is 1. The fourth-order valence-electron chi connectivity index (χ4n) is 2.21. The second-order valence-electron chi connectivity index (χ2n) is 5.79. The maximum Gasteiger partial charge on any atom is 0.237 e. The Morgan fingerprint density at radius 2 is 2.00 bits per heavy atom. The van der Waals surface area contributed by atoms with Crippen LogP contribution < -0.4 is 11.5 Å². The van der Waals surface area contributed by atoms with Gasteiger partial charge in [-0.1, -0.05) is 13.8 Å². The van der Waals surface area contributed by atoms with Crippen molar-refractivity contribution in [3.63, 3.8) is 0 Å². The van der Waals surface area contributed by atoms with Crippen LogP contribution in [0.1, 0.15) is 46.5 Å². The van der Waals surface area contributed by atoms with E-state index in [-0.39, 0.29) is 0 Å². The van der Waals surface area contributed by atoms with Crippen molar-refractivity contribution in [1.29, 1.82) is 0 Å². The molecule has 0 bridgehead atoms. The van der Waals surface area contributed by atoms with Gasteiger partial charge in [0.15, 0.2) is 0 Å². The molecule has 0 aromatic heterocycles. The third-order valence-electron chi connectivity index (χ3n) is 4.09. The van der Waals surface area contributed by atoms with Crippen LogP contribution in [0.2, 0.25) is 0 Å². The Morgan fingerprint density at radius 3 is 2.53 bits per heavy atom. The molecule has 17 heavy (non-hydrogen) atoms. The first-order valence-corrected chi connectivity index (χ1v) is 6.53. The van der Waals surface area contributed by atoms with Gasteiger partial charge >= 0.3 is 0 Å². The number of nitrogens with two attached hydrogens (primary N) is 2. The summed E-state index contributed by atoms with van der Waals surface area (Å²) in [7, 11) is 0. The summed E-state index contributed by atoms with van der Waals surface area (Å²) >= 11 is 0. The molecule has 1 aliphatic rings. The van der Waals surface area contributed by atoms with Crippen molar-refractivity contribution in [3.8, 4) is 0 Å². The first-order valence-electron chi connectivity index (χ1n) is 6.53. The molecule has 0 spiro atoms. The molecular formula is C13H26N2O2. The van der Waals surface area contributed by atoms with Gasteiger partial charge in [0.1, 0.15) is 0 Å². The normalized spacial score (nSPS) is 33.1. The minimum atomic E-state index is -0.951. The first-order chi connectivity index (χ1) is 7.83. The van der Waals surface area contributed by atoms with E-state index in [1.165, 1.54) is 6.42 Å². The van der Waals surface area contributed by atoms with Gasteiger partial charge in [0.25, 0.3) is 0 Å². The summed E-state index contributed by atoms with van der Waals surface area (Å²) in [6.45, 7) is 6.74. The zero-order valence-electron chi connectivity index (χ0n) is 11.2. The summed E-state index contributed by atoms with van der Waals surface area (Å²) in [5.74, 6) is 1.04. The minimum Gasteiger partial charge on any atom is -0.378 e. The Kier molecular flexibility index (Phi) is 4.95. The molecule has 4 N–H and O–H groups in total. The van der Waals surface area contributed by atoms with Gasteiger partial charge < -0.3 is 16.2 Å². The predicted molar refractivity (Wildman–Crippen MR) is 68.3 cm³/mol. The molecule has 4 unspecified atom stereocenters. The number of carbonyl (C=O) groups is 1. The minimum absolute atomic E-state index is 0.324. The second-order valence-corrected chi connectivity index (χ2v) is 5.79. The van der Waals surface area contributed by atoms with E-state index in [9.17, 15) is 4.79 Å². The maximum absolute atomic E-state index is 11.0. The Bertz CT molecular complexity index is 266. The molecule has 1 fully saturated rings. The summed E-state index contributed by atoms with van der Waals surface area (Å²) in [6.07, 6.45) is 4.26. The maximum atomic E-state index is 11.0. The molecule has 0 aromatic rings. The van der Waals surface area contributed by atoms with Gasteiger partial charge in [0, 0.05) is 6.61 Å². The lowest BCUT2D eigenvalue weighted by Gasteiger charge is -2.32. The van der Waals surface area contributed by atoms with Gasteiger partial charge in [-0.05, 0) is 44.4 Å².